The molecule has 1 heterocycles. The second kappa shape index (κ2) is 5.05. The van der Waals surface area contributed by atoms with E-state index in [1.807, 2.05) is 6.92 Å². The smallest absolute Gasteiger partial charge is 0.273 e. The number of hydrogen-bond acceptors (Lipinski definition) is 5. The average Bonchev–Trinajstić information content (AvgIpc) is 2.71. The number of nitrogens with two attached hydrogens (primary N) is 1. The molecule has 0 aliphatic rings. The highest BCUT2D eigenvalue weighted by atomic mass is 32.1. The Labute approximate surface area is 108 Å². The first-order valence-corrected chi connectivity index (χ1v) is 6.31. The number of nitrogens with zero attached hydrogens (tertiary/aromatic N) is 1. The molecule has 0 unspecified atom stereocenters. The molecular weight excluding hydrogens is 250 g/mol. The maximum Gasteiger partial charge on any atom is 0.273 e. The van der Waals surface area contributed by atoms with Crippen molar-refractivity contribution in [3.05, 3.63) is 50.2 Å². The number of hydrogen-bond donors (Lipinski definition) is 2. The lowest BCUT2D eigenvalue weighted by atomic mass is 10.2. The normalized spacial score (nSPS) is 10.3. The van der Waals surface area contributed by atoms with Gasteiger partial charge in [0.2, 0.25) is 0 Å². The molecule has 0 aliphatic heterocycles. The van der Waals surface area contributed by atoms with E-state index in [2.05, 4.69) is 16.1 Å². The highest BCUT2D eigenvalue weighted by Crippen LogP contribution is 2.23. The van der Waals surface area contributed by atoms with Crippen LogP contribution in [0.1, 0.15) is 11.1 Å². The van der Waals surface area contributed by atoms with Crippen molar-refractivity contribution in [2.75, 3.05) is 11.1 Å². The molecule has 6 heteroatoms. The molecule has 2 rings (SSSR count). The van der Waals surface area contributed by atoms with E-state index in [1.165, 1.54) is 23.3 Å². The van der Waals surface area contributed by atoms with Crippen molar-refractivity contribution >= 4 is 28.4 Å². The number of rotatable bonds is 4. The van der Waals surface area contributed by atoms with E-state index in [9.17, 15) is 10.1 Å². The van der Waals surface area contributed by atoms with E-state index in [0.29, 0.717) is 17.9 Å². The van der Waals surface area contributed by atoms with E-state index in [-0.39, 0.29) is 5.69 Å². The largest absolute Gasteiger partial charge is 0.398 e. The minimum absolute atomic E-state index is 0.000425. The van der Waals surface area contributed by atoms with Crippen molar-refractivity contribution in [2.45, 2.75) is 13.5 Å². The van der Waals surface area contributed by atoms with E-state index in [1.54, 1.807) is 17.4 Å². The van der Waals surface area contributed by atoms with Gasteiger partial charge < -0.3 is 11.1 Å². The Morgan fingerprint density at radius 3 is 2.78 bits per heavy atom. The third-order valence-corrected chi connectivity index (χ3v) is 3.51. The van der Waals surface area contributed by atoms with Gasteiger partial charge in [-0.15, -0.1) is 0 Å². The molecule has 0 saturated heterocycles. The van der Waals surface area contributed by atoms with Crippen LogP contribution in [-0.4, -0.2) is 4.92 Å². The summed E-state index contributed by atoms with van der Waals surface area (Å²) >= 11 is 1.64. The fourth-order valence-electron chi connectivity index (χ4n) is 1.61. The number of thiophene rings is 1. The van der Waals surface area contributed by atoms with Crippen LogP contribution in [0.4, 0.5) is 17.1 Å². The van der Waals surface area contributed by atoms with Crippen LogP contribution in [-0.2, 0) is 6.54 Å². The first kappa shape index (κ1) is 12.4. The van der Waals surface area contributed by atoms with Crippen molar-refractivity contribution in [3.8, 4) is 0 Å². The summed E-state index contributed by atoms with van der Waals surface area (Å²) < 4.78 is 0. The number of nitrogen functional groups attached to an aromatic ring is 1. The van der Waals surface area contributed by atoms with Gasteiger partial charge in [0.1, 0.15) is 0 Å². The zero-order valence-corrected chi connectivity index (χ0v) is 10.7. The molecule has 0 bridgehead atoms. The number of nitro benzene ring substituents is 1. The second-order valence-electron chi connectivity index (χ2n) is 4.00. The Morgan fingerprint density at radius 2 is 2.17 bits per heavy atom. The van der Waals surface area contributed by atoms with Crippen molar-refractivity contribution in [1.82, 2.24) is 0 Å². The second-order valence-corrected chi connectivity index (χ2v) is 4.75. The predicted molar refractivity (Wildman–Crippen MR) is 73.9 cm³/mol. The minimum Gasteiger partial charge on any atom is -0.398 e. The first-order chi connectivity index (χ1) is 8.56. The van der Waals surface area contributed by atoms with Gasteiger partial charge in [-0.25, -0.2) is 0 Å². The summed E-state index contributed by atoms with van der Waals surface area (Å²) in [6, 6.07) is 4.52. The third kappa shape index (κ3) is 2.78. The quantitative estimate of drug-likeness (QED) is 0.504. The molecule has 0 atom stereocenters. The lowest BCUT2D eigenvalue weighted by molar-refractivity contribution is -0.384. The number of anilines is 2. The zero-order chi connectivity index (χ0) is 13.1. The van der Waals surface area contributed by atoms with Crippen LogP contribution in [0.2, 0.25) is 0 Å². The molecular formula is C12H13N3O2S. The average molecular weight is 263 g/mol. The highest BCUT2D eigenvalue weighted by molar-refractivity contribution is 7.08. The molecule has 0 fully saturated rings. The summed E-state index contributed by atoms with van der Waals surface area (Å²) in [5, 5.41) is 18.0. The fourth-order valence-corrected chi connectivity index (χ4v) is 2.46. The lowest BCUT2D eigenvalue weighted by Crippen LogP contribution is -2.01. The third-order valence-electron chi connectivity index (χ3n) is 2.60. The topological polar surface area (TPSA) is 81.2 Å². The number of nitro groups is 1. The van der Waals surface area contributed by atoms with Crippen LogP contribution in [0, 0.1) is 17.0 Å². The number of benzene rings is 1. The van der Waals surface area contributed by atoms with Gasteiger partial charge in [0.15, 0.2) is 0 Å². The predicted octanol–water partition coefficient (Wildman–Crippen LogP) is 3.16. The van der Waals surface area contributed by atoms with Gasteiger partial charge in [-0.1, -0.05) is 0 Å². The van der Waals surface area contributed by atoms with Crippen LogP contribution in [0.3, 0.4) is 0 Å². The molecule has 0 aliphatic carbocycles. The van der Waals surface area contributed by atoms with Crippen molar-refractivity contribution < 1.29 is 4.92 Å². The SMILES string of the molecule is Cc1cscc1CNc1cc(N)cc([N+](=O)[O-])c1. The molecule has 3 N–H and O–H groups in total. The van der Waals surface area contributed by atoms with Gasteiger partial charge in [0.25, 0.3) is 5.69 Å². The van der Waals surface area contributed by atoms with E-state index in [4.69, 9.17) is 5.73 Å². The minimum atomic E-state index is -0.447. The maximum absolute atomic E-state index is 10.7. The van der Waals surface area contributed by atoms with Gasteiger partial charge >= 0.3 is 0 Å². The van der Waals surface area contributed by atoms with Gasteiger partial charge in [-0.05, 0) is 34.9 Å². The Hall–Kier alpha value is -2.08. The number of aryl methyl sites for hydroxylation is 1. The maximum atomic E-state index is 10.7. The molecule has 2 aromatic rings. The van der Waals surface area contributed by atoms with Crippen LogP contribution in [0.5, 0.6) is 0 Å². The van der Waals surface area contributed by atoms with Gasteiger partial charge in [-0.2, -0.15) is 11.3 Å². The summed E-state index contributed by atoms with van der Waals surface area (Å²) in [5.41, 5.74) is 9.07. The molecule has 18 heavy (non-hydrogen) atoms. The Kier molecular flexibility index (Phi) is 3.47. The lowest BCUT2D eigenvalue weighted by Gasteiger charge is -2.07. The Balaban J connectivity index is 2.14. The van der Waals surface area contributed by atoms with Crippen molar-refractivity contribution in [3.63, 3.8) is 0 Å². The highest BCUT2D eigenvalue weighted by Gasteiger charge is 2.08. The van der Waals surface area contributed by atoms with E-state index >= 15 is 0 Å². The summed E-state index contributed by atoms with van der Waals surface area (Å²) in [5.74, 6) is 0. The van der Waals surface area contributed by atoms with Crippen LogP contribution < -0.4 is 11.1 Å². The monoisotopic (exact) mass is 263 g/mol. The molecule has 0 saturated carbocycles. The fraction of sp³-hybridized carbons (Fsp3) is 0.167. The molecule has 94 valence electrons. The van der Waals surface area contributed by atoms with E-state index in [0.717, 1.165) is 0 Å². The molecule has 1 aromatic carbocycles. The van der Waals surface area contributed by atoms with Crippen LogP contribution in [0.25, 0.3) is 0 Å². The number of nitrogens with one attached hydrogen (secondary N) is 1. The van der Waals surface area contributed by atoms with Crippen LogP contribution >= 0.6 is 11.3 Å². The molecule has 0 radical (unpaired) electrons. The molecule has 0 amide bonds. The molecule has 5 nitrogen and oxygen atoms in total. The number of non-ortho nitro benzene ring substituents is 1. The van der Waals surface area contributed by atoms with E-state index < -0.39 is 4.92 Å². The molecule has 0 spiro atoms. The van der Waals surface area contributed by atoms with Crippen LogP contribution in [0.15, 0.2) is 29.0 Å². The zero-order valence-electron chi connectivity index (χ0n) is 9.84. The summed E-state index contributed by atoms with van der Waals surface area (Å²) in [6.45, 7) is 2.67. The summed E-state index contributed by atoms with van der Waals surface area (Å²) in [4.78, 5) is 10.3. The summed E-state index contributed by atoms with van der Waals surface area (Å²) in [7, 11) is 0. The van der Waals surface area contributed by atoms with Gasteiger partial charge in [-0.3, -0.25) is 10.1 Å². The summed E-state index contributed by atoms with van der Waals surface area (Å²) in [6.07, 6.45) is 0. The van der Waals surface area contributed by atoms with Gasteiger partial charge in [0, 0.05) is 30.1 Å². The van der Waals surface area contributed by atoms with Crippen molar-refractivity contribution in [2.24, 2.45) is 0 Å². The Bertz CT molecular complexity index is 580. The molecule has 1 aromatic heterocycles. The van der Waals surface area contributed by atoms with Crippen molar-refractivity contribution in [1.29, 1.82) is 0 Å². The Morgan fingerprint density at radius 1 is 1.39 bits per heavy atom. The standard InChI is InChI=1S/C12H13N3O2S/c1-8-6-18-7-9(8)5-14-11-2-10(13)3-12(4-11)15(16)17/h2-4,6-7,14H,5,13H2,1H3. The first-order valence-electron chi connectivity index (χ1n) is 5.37. The van der Waals surface area contributed by atoms with Gasteiger partial charge in [0.05, 0.1) is 4.92 Å².